The highest BCUT2D eigenvalue weighted by Crippen LogP contribution is 2.37. The van der Waals surface area contributed by atoms with Crippen molar-refractivity contribution in [3.63, 3.8) is 0 Å². The Balaban J connectivity index is 0.00000146. The second-order valence-electron chi connectivity index (χ2n) is 26.1. The summed E-state index contributed by atoms with van der Waals surface area (Å²) in [5.41, 5.74) is 17.6. The number of nitrogens with zero attached hydrogens (tertiary/aromatic N) is 4. The van der Waals surface area contributed by atoms with E-state index in [4.69, 9.17) is 89.3 Å². The quantitative estimate of drug-likeness (QED) is 0.0190. The number of allylic oxidation sites excluding steroid dienone is 24. The number of hydrogen-bond acceptors (Lipinski definition) is 11. The van der Waals surface area contributed by atoms with Crippen LogP contribution in [0.1, 0.15) is 110 Å². The molecule has 10 aromatic rings. The molecule has 0 amide bonds. The van der Waals surface area contributed by atoms with Crippen LogP contribution in [0.15, 0.2) is 387 Å². The minimum atomic E-state index is -1.97. The molecule has 11 nitrogen and oxygen atoms in total. The molecule has 0 aliphatic heterocycles. The van der Waals surface area contributed by atoms with E-state index in [1.54, 1.807) is 63.6 Å². The minimum Gasteiger partial charge on any atom is -0.397 e. The molecule has 0 fully saturated rings. The lowest BCUT2D eigenvalue weighted by Gasteiger charge is -2.03. The third-order valence-electron chi connectivity index (χ3n) is 15.7. The first-order valence-corrected chi connectivity index (χ1v) is 44.2. The molecule has 126 heavy (non-hydrogen) atoms. The van der Waals surface area contributed by atoms with Gasteiger partial charge in [-0.05, 0) is 210 Å². The Morgan fingerprint density at radius 3 is 0.905 bits per heavy atom. The van der Waals surface area contributed by atoms with Crippen LogP contribution in [-0.2, 0) is 18.7 Å². The molecule has 0 bridgehead atoms. The fraction of sp³-hybridized carbons (Fsp3) is 0.120. The second kappa shape index (κ2) is 71.6. The molecule has 0 unspecified atom stereocenters. The third kappa shape index (κ3) is 54.7. The number of carbonyl (C=O) groups excluding carboxylic acids is 3. The number of aliphatic hydroxyl groups excluding tert-OH is 2. The van der Waals surface area contributed by atoms with Crippen LogP contribution in [0.2, 0.25) is 25.1 Å². The molecule has 10 aromatic carbocycles. The van der Waals surface area contributed by atoms with Gasteiger partial charge in [0.1, 0.15) is 18.9 Å². The SMILES string of the molecule is C.C.C/C(=C\C#N)CP(C)(C)=O.CC(/C=C/C=C(/C=C/c1ccc(Cl)cc1)c1ccccc1)=C\C#N.CC(/C=C/C=C(/C=C/c1ccc(Cl)cc1)c1ccccc1)=C\C=O.CCO.CCO.N#C/C=C(/C=C/c1ccc(Cl)cc1)c1ccccc1.N#C/C=C(/CP=O)c1ccccc1.O=C/C=C(/C=C/c1ccc(Cl)cc1)c1ccccc1.O=Cc1ccc(Cl)cc1. The Morgan fingerprint density at radius 1 is 0.357 bits per heavy atom. The van der Waals surface area contributed by atoms with E-state index >= 15 is 0 Å². The van der Waals surface area contributed by atoms with Gasteiger partial charge in [0.25, 0.3) is 0 Å². The van der Waals surface area contributed by atoms with Gasteiger partial charge in [0.15, 0.2) is 8.46 Å². The second-order valence-corrected chi connectivity index (χ2v) is 32.3. The molecular weight excluding hydrogens is 1700 g/mol. The largest absolute Gasteiger partial charge is 0.397 e. The third-order valence-corrected chi connectivity index (χ3v) is 18.6. The van der Waals surface area contributed by atoms with Gasteiger partial charge in [-0.25, -0.2) is 0 Å². The van der Waals surface area contributed by atoms with Gasteiger partial charge < -0.3 is 14.8 Å². The monoisotopic (exact) mass is 1810 g/mol. The molecule has 0 atom stereocenters. The lowest BCUT2D eigenvalue weighted by atomic mass is 10.0. The van der Waals surface area contributed by atoms with Crippen LogP contribution < -0.4 is 0 Å². The van der Waals surface area contributed by atoms with E-state index in [2.05, 4.69) is 54.6 Å². The molecule has 0 radical (unpaired) electrons. The zero-order valence-electron chi connectivity index (χ0n) is 70.1. The summed E-state index contributed by atoms with van der Waals surface area (Å²) in [7, 11) is -1.93. The minimum absolute atomic E-state index is 0. The molecule has 0 saturated carbocycles. The zero-order chi connectivity index (χ0) is 91.2. The Hall–Kier alpha value is -12.8. The maximum Gasteiger partial charge on any atom is 0.160 e. The first-order valence-electron chi connectivity index (χ1n) is 38.6. The number of nitriles is 4. The summed E-state index contributed by atoms with van der Waals surface area (Å²) in [5.74, 6) is 0. The highest BCUT2D eigenvalue weighted by molar-refractivity contribution is 7.62. The molecule has 18 heteroatoms. The van der Waals surface area contributed by atoms with Crippen molar-refractivity contribution in [2.24, 2.45) is 0 Å². The number of hydrogen-bond donors (Lipinski definition) is 2. The molecule has 0 aliphatic carbocycles. The molecule has 10 rings (SSSR count). The number of aliphatic hydroxyl groups is 2. The molecule has 0 saturated heterocycles. The highest BCUT2D eigenvalue weighted by atomic mass is 35.5. The van der Waals surface area contributed by atoms with Crippen molar-refractivity contribution < 1.29 is 33.7 Å². The molecular formula is C108H107Cl5N4O7P2. The van der Waals surface area contributed by atoms with Crippen LogP contribution >= 0.6 is 73.6 Å². The van der Waals surface area contributed by atoms with E-state index in [9.17, 15) is 23.5 Å². The Kier molecular flexibility index (Phi) is 64.4. The molecule has 0 heterocycles. The summed E-state index contributed by atoms with van der Waals surface area (Å²) in [6.45, 7) is 12.9. The normalized spacial score (nSPS) is 11.5. The van der Waals surface area contributed by atoms with Crippen LogP contribution in [-0.4, -0.2) is 67.9 Å². The van der Waals surface area contributed by atoms with Gasteiger partial charge in [0, 0.05) is 74.4 Å². The zero-order valence-corrected chi connectivity index (χ0v) is 75.7. The smallest absolute Gasteiger partial charge is 0.160 e. The van der Waals surface area contributed by atoms with E-state index in [1.807, 2.05) is 324 Å². The average Bonchev–Trinajstić information content (AvgIpc) is 0.852. The van der Waals surface area contributed by atoms with Crippen molar-refractivity contribution in [1.82, 2.24) is 0 Å². The van der Waals surface area contributed by atoms with E-state index in [0.717, 1.165) is 124 Å². The first-order chi connectivity index (χ1) is 59.9. The van der Waals surface area contributed by atoms with Crippen molar-refractivity contribution in [3.05, 3.63) is 468 Å². The number of rotatable bonds is 24. The number of carbonyl (C=O) groups is 3. The van der Waals surface area contributed by atoms with Crippen LogP contribution in [0.25, 0.3) is 52.2 Å². The fourth-order valence-electron chi connectivity index (χ4n) is 9.91. The first kappa shape index (κ1) is 113. The summed E-state index contributed by atoms with van der Waals surface area (Å²) >= 11 is 29.1. The van der Waals surface area contributed by atoms with Gasteiger partial charge in [-0.15, -0.1) is 0 Å². The Labute approximate surface area is 773 Å². The summed E-state index contributed by atoms with van der Waals surface area (Å²) in [6.07, 6.45) is 40.2. The van der Waals surface area contributed by atoms with Crippen molar-refractivity contribution >= 4 is 145 Å². The molecule has 0 aromatic heterocycles. The van der Waals surface area contributed by atoms with Crippen molar-refractivity contribution in [1.29, 1.82) is 21.0 Å². The maximum absolute atomic E-state index is 11.1. The van der Waals surface area contributed by atoms with Crippen LogP contribution in [0.4, 0.5) is 0 Å². The van der Waals surface area contributed by atoms with E-state index in [1.165, 1.54) is 24.3 Å². The molecule has 646 valence electrons. The van der Waals surface area contributed by atoms with Crippen molar-refractivity contribution in [2.45, 2.75) is 49.5 Å². The lowest BCUT2D eigenvalue weighted by Crippen LogP contribution is -1.86. The van der Waals surface area contributed by atoms with Gasteiger partial charge in [-0.3, -0.25) is 18.9 Å². The molecule has 2 N–H and O–H groups in total. The number of aldehydes is 3. The van der Waals surface area contributed by atoms with Gasteiger partial charge in [-0.1, -0.05) is 376 Å². The Bertz CT molecular complexity index is 5510. The fourth-order valence-corrected chi connectivity index (χ4v) is 12.2. The summed E-state index contributed by atoms with van der Waals surface area (Å²) < 4.78 is 21.6. The van der Waals surface area contributed by atoms with E-state index in [-0.39, 0.29) is 36.5 Å². The Morgan fingerprint density at radius 2 is 0.627 bits per heavy atom. The number of benzene rings is 10. The van der Waals surface area contributed by atoms with Crippen LogP contribution in [0, 0.1) is 45.3 Å². The van der Waals surface area contributed by atoms with Gasteiger partial charge in [-0.2, -0.15) is 21.0 Å². The predicted molar refractivity (Wildman–Crippen MR) is 541 cm³/mol. The summed E-state index contributed by atoms with van der Waals surface area (Å²) in [4.78, 5) is 31.3. The van der Waals surface area contributed by atoms with Crippen molar-refractivity contribution in [3.8, 4) is 24.3 Å². The lowest BCUT2D eigenvalue weighted by molar-refractivity contribution is -0.104. The highest BCUT2D eigenvalue weighted by Gasteiger charge is 2.07. The van der Waals surface area contributed by atoms with E-state index in [0.29, 0.717) is 33.0 Å². The van der Waals surface area contributed by atoms with Crippen LogP contribution in [0.3, 0.4) is 0 Å². The van der Waals surface area contributed by atoms with E-state index < -0.39 is 7.14 Å². The van der Waals surface area contributed by atoms with Gasteiger partial charge >= 0.3 is 0 Å². The maximum atomic E-state index is 11.1. The van der Waals surface area contributed by atoms with Crippen LogP contribution in [0.5, 0.6) is 0 Å². The van der Waals surface area contributed by atoms with Crippen molar-refractivity contribution in [2.75, 3.05) is 38.9 Å². The number of halogens is 5. The molecule has 0 aliphatic rings. The van der Waals surface area contributed by atoms with Gasteiger partial charge in [0.05, 0.1) is 37.6 Å². The molecule has 0 spiro atoms. The summed E-state index contributed by atoms with van der Waals surface area (Å²) in [6, 6.07) is 94.7. The average molecular weight is 1810 g/mol. The standard InChI is InChI=1S/C22H18ClN.C22H19ClO.C17H12ClN.C17H13ClO.C10H8NOP.C7H5ClO.C7H12NOP.2C2H6O.2CH4/c2*1-18(16-17-24)6-5-9-21(20-7-3-2-4-8-20)13-10-19-11-14-22(23)15-12-19;2*18-17-10-7-14(8-11-17)6-9-16(12-13-19)15-4-2-1-3-5-15;11-7-6-10(8-13-12)9-4-2-1-3-5-9;8-7-3-1-6(5-9)2-4-7;1-7(4-5-8)6-10(2,3)9;2*1-2-3;;/h2-16H,1H3;2-17H,1H3;1-12H;1-13H;1-6H,8H2;1-5H;4H,6H2,1-3H3;2*3H,2H2,1H3;2*1H4/b2*6-5+,13-10+,18-16+,21-9-;2*9-6+,16-12-;10-6-;;7-4+;;;;. The summed E-state index contributed by atoms with van der Waals surface area (Å²) in [5, 5.41) is 52.9. The topological polar surface area (TPSA) is 221 Å². The predicted octanol–water partition coefficient (Wildman–Crippen LogP) is 30.6. The van der Waals surface area contributed by atoms with Gasteiger partial charge in [0.2, 0.25) is 0 Å².